The number of benzene rings is 2. The quantitative estimate of drug-likeness (QED) is 0.572. The highest BCUT2D eigenvalue weighted by atomic mass is 32.1. The minimum absolute atomic E-state index is 0.168. The normalized spacial score (nSPS) is 12.2. The monoisotopic (exact) mass is 382 g/mol. The third-order valence-electron chi connectivity index (χ3n) is 4.21. The Morgan fingerprint density at radius 3 is 2.63 bits per heavy atom. The number of nitrogens with one attached hydrogen (secondary N) is 1. The summed E-state index contributed by atoms with van der Waals surface area (Å²) in [5.74, 6) is -1.27. The maximum atomic E-state index is 13.3. The van der Waals surface area contributed by atoms with Gasteiger partial charge >= 0.3 is 5.76 Å². The second kappa shape index (κ2) is 7.20. The van der Waals surface area contributed by atoms with Crippen LogP contribution in [0, 0.1) is 5.82 Å². The minimum atomic E-state index is -0.583. The van der Waals surface area contributed by atoms with Crippen LogP contribution in [0.4, 0.5) is 4.39 Å². The lowest BCUT2D eigenvalue weighted by molar-refractivity contribution is -0.122. The average molecular weight is 382 g/mol. The van der Waals surface area contributed by atoms with E-state index >= 15 is 0 Å². The number of para-hydroxylation sites is 2. The molecule has 1 N–H and O–H groups in total. The third kappa shape index (κ3) is 3.54. The van der Waals surface area contributed by atoms with Gasteiger partial charge in [-0.1, -0.05) is 30.3 Å². The van der Waals surface area contributed by atoms with E-state index in [-0.39, 0.29) is 18.3 Å². The maximum absolute atomic E-state index is 13.3. The summed E-state index contributed by atoms with van der Waals surface area (Å²) in [7, 11) is 0. The zero-order valence-electron chi connectivity index (χ0n) is 14.1. The first-order chi connectivity index (χ1) is 13.1. The van der Waals surface area contributed by atoms with Crippen LogP contribution < -0.4 is 11.1 Å². The molecular weight excluding hydrogens is 367 g/mol. The van der Waals surface area contributed by atoms with Crippen molar-refractivity contribution in [2.75, 3.05) is 0 Å². The fourth-order valence-corrected chi connectivity index (χ4v) is 3.75. The minimum Gasteiger partial charge on any atom is -0.408 e. The number of hydrogen-bond acceptors (Lipinski definition) is 4. The molecule has 136 valence electrons. The molecule has 0 saturated heterocycles. The van der Waals surface area contributed by atoms with Gasteiger partial charge in [-0.25, -0.2) is 9.18 Å². The molecule has 0 aliphatic rings. The van der Waals surface area contributed by atoms with Crippen molar-refractivity contribution < 1.29 is 13.6 Å². The number of amides is 1. The lowest BCUT2D eigenvalue weighted by atomic mass is 10.1. The van der Waals surface area contributed by atoms with Gasteiger partial charge in [-0.15, -0.1) is 11.3 Å². The van der Waals surface area contributed by atoms with Gasteiger partial charge in [0.05, 0.1) is 11.6 Å². The molecule has 0 aliphatic heterocycles. The molecule has 0 aliphatic carbocycles. The zero-order valence-corrected chi connectivity index (χ0v) is 14.9. The molecule has 0 unspecified atom stereocenters. The van der Waals surface area contributed by atoms with Crippen molar-refractivity contribution in [3.63, 3.8) is 0 Å². The van der Waals surface area contributed by atoms with Gasteiger partial charge in [-0.2, -0.15) is 0 Å². The Bertz CT molecular complexity index is 1130. The molecule has 2 heterocycles. The van der Waals surface area contributed by atoms with Crippen LogP contribution in [0.1, 0.15) is 16.5 Å². The highest BCUT2D eigenvalue weighted by Gasteiger charge is 2.20. The molecule has 27 heavy (non-hydrogen) atoms. The van der Waals surface area contributed by atoms with Crippen LogP contribution in [0.25, 0.3) is 11.1 Å². The molecule has 2 aromatic heterocycles. The van der Waals surface area contributed by atoms with E-state index in [2.05, 4.69) is 5.32 Å². The van der Waals surface area contributed by atoms with Crippen LogP contribution in [-0.4, -0.2) is 10.5 Å². The van der Waals surface area contributed by atoms with Crippen molar-refractivity contribution in [3.8, 4) is 0 Å². The Labute approximate surface area is 157 Å². The number of aromatic nitrogens is 1. The first kappa shape index (κ1) is 17.2. The molecule has 0 spiro atoms. The summed E-state index contributed by atoms with van der Waals surface area (Å²) in [5, 5.41) is 4.84. The van der Waals surface area contributed by atoms with E-state index in [9.17, 15) is 14.0 Å². The van der Waals surface area contributed by atoms with Gasteiger partial charge < -0.3 is 9.73 Å². The fourth-order valence-electron chi connectivity index (χ4n) is 2.94. The van der Waals surface area contributed by atoms with Crippen molar-refractivity contribution >= 4 is 28.3 Å². The van der Waals surface area contributed by atoms with E-state index in [1.165, 1.54) is 28.0 Å². The number of fused-ring (bicyclic) bond motifs is 1. The number of hydrogen-bond donors (Lipinski definition) is 1. The summed E-state index contributed by atoms with van der Waals surface area (Å²) in [6.45, 7) is -0.168. The second-order valence-electron chi connectivity index (χ2n) is 5.99. The molecule has 0 radical (unpaired) electrons. The number of thiophene rings is 1. The van der Waals surface area contributed by atoms with E-state index < -0.39 is 11.8 Å². The van der Waals surface area contributed by atoms with Crippen LogP contribution in [-0.2, 0) is 11.3 Å². The summed E-state index contributed by atoms with van der Waals surface area (Å²) in [4.78, 5) is 25.7. The number of oxazole rings is 1. The van der Waals surface area contributed by atoms with E-state index in [4.69, 9.17) is 4.42 Å². The van der Waals surface area contributed by atoms with Crippen LogP contribution >= 0.6 is 11.3 Å². The molecule has 5 nitrogen and oxygen atoms in total. The smallest absolute Gasteiger partial charge is 0.408 e. The van der Waals surface area contributed by atoms with Crippen LogP contribution in [0.3, 0.4) is 0 Å². The lowest BCUT2D eigenvalue weighted by Crippen LogP contribution is -2.34. The fraction of sp³-hybridized carbons (Fsp3) is 0.100. The van der Waals surface area contributed by atoms with Crippen molar-refractivity contribution in [3.05, 3.63) is 92.9 Å². The number of rotatable bonds is 5. The summed E-state index contributed by atoms with van der Waals surface area (Å²) in [5.41, 5.74) is 1.76. The number of nitrogens with zero attached hydrogens (tertiary/aromatic N) is 1. The molecule has 0 bridgehead atoms. The SMILES string of the molecule is O=C(Cn1c(=O)oc2ccccc21)N[C@H](c1ccc(F)cc1)c1cccs1. The zero-order chi connectivity index (χ0) is 18.8. The molecule has 0 saturated carbocycles. The Hall–Kier alpha value is -3.19. The molecule has 4 rings (SSSR count). The topological polar surface area (TPSA) is 64.2 Å². The van der Waals surface area contributed by atoms with E-state index in [1.807, 2.05) is 17.5 Å². The summed E-state index contributed by atoms with van der Waals surface area (Å²) in [6.07, 6.45) is 0. The predicted molar refractivity (Wildman–Crippen MR) is 101 cm³/mol. The van der Waals surface area contributed by atoms with E-state index in [0.29, 0.717) is 11.1 Å². The molecule has 4 aromatic rings. The van der Waals surface area contributed by atoms with E-state index in [0.717, 1.165) is 10.4 Å². The Kier molecular flexibility index (Phi) is 4.60. The van der Waals surface area contributed by atoms with E-state index in [1.54, 1.807) is 36.4 Å². The highest BCUT2D eigenvalue weighted by molar-refractivity contribution is 7.10. The third-order valence-corrected chi connectivity index (χ3v) is 5.15. The largest absolute Gasteiger partial charge is 0.420 e. The average Bonchev–Trinajstić information content (AvgIpc) is 3.29. The van der Waals surface area contributed by atoms with Crippen LogP contribution in [0.5, 0.6) is 0 Å². The first-order valence-corrected chi connectivity index (χ1v) is 9.16. The van der Waals surface area contributed by atoms with Crippen molar-refractivity contribution in [2.24, 2.45) is 0 Å². The van der Waals surface area contributed by atoms with Gasteiger partial charge in [0.25, 0.3) is 0 Å². The maximum Gasteiger partial charge on any atom is 0.420 e. The van der Waals surface area contributed by atoms with Crippen molar-refractivity contribution in [1.29, 1.82) is 0 Å². The second-order valence-corrected chi connectivity index (χ2v) is 6.97. The highest BCUT2D eigenvalue weighted by Crippen LogP contribution is 2.26. The number of halogens is 1. The van der Waals surface area contributed by atoms with Gasteiger partial charge in [-0.3, -0.25) is 9.36 Å². The summed E-state index contributed by atoms with van der Waals surface area (Å²) >= 11 is 1.49. The summed E-state index contributed by atoms with van der Waals surface area (Å²) < 4.78 is 19.7. The molecule has 0 fully saturated rings. The molecule has 1 atom stereocenters. The van der Waals surface area contributed by atoms with Gasteiger partial charge in [-0.05, 0) is 41.3 Å². The molecule has 7 heteroatoms. The van der Waals surface area contributed by atoms with Gasteiger partial charge in [0, 0.05) is 4.88 Å². The van der Waals surface area contributed by atoms with Crippen molar-refractivity contribution in [2.45, 2.75) is 12.6 Å². The molecular formula is C20H15FN2O3S. The number of carbonyl (C=O) groups is 1. The lowest BCUT2D eigenvalue weighted by Gasteiger charge is -2.18. The Morgan fingerprint density at radius 2 is 1.89 bits per heavy atom. The van der Waals surface area contributed by atoms with Crippen LogP contribution in [0.2, 0.25) is 0 Å². The number of carbonyl (C=O) groups excluding carboxylic acids is 1. The summed E-state index contributed by atoms with van der Waals surface area (Å²) in [6, 6.07) is 16.3. The standard InChI is InChI=1S/C20H15FN2O3S/c21-14-9-7-13(8-10-14)19(17-6-3-11-27-17)22-18(24)12-23-15-4-1-2-5-16(15)26-20(23)25/h1-11,19H,12H2,(H,22,24)/t19-/m1/s1. The predicted octanol–water partition coefficient (Wildman–Crippen LogP) is 3.70. The Morgan fingerprint density at radius 1 is 1.11 bits per heavy atom. The van der Waals surface area contributed by atoms with Gasteiger partial charge in [0.15, 0.2) is 5.58 Å². The van der Waals surface area contributed by atoms with Gasteiger partial charge in [0.1, 0.15) is 12.4 Å². The first-order valence-electron chi connectivity index (χ1n) is 8.28. The molecule has 2 aromatic carbocycles. The molecule has 1 amide bonds. The van der Waals surface area contributed by atoms with Crippen LogP contribution in [0.15, 0.2) is 75.3 Å². The van der Waals surface area contributed by atoms with Gasteiger partial charge in [0.2, 0.25) is 5.91 Å². The Balaban J connectivity index is 1.61. The van der Waals surface area contributed by atoms with Crippen molar-refractivity contribution in [1.82, 2.24) is 9.88 Å².